The van der Waals surface area contributed by atoms with E-state index in [2.05, 4.69) is 15.6 Å². The van der Waals surface area contributed by atoms with E-state index < -0.39 is 4.92 Å². The summed E-state index contributed by atoms with van der Waals surface area (Å²) in [6.07, 6.45) is 0. The fourth-order valence-corrected chi connectivity index (χ4v) is 3.14. The van der Waals surface area contributed by atoms with Crippen molar-refractivity contribution in [3.63, 3.8) is 0 Å². The number of thiophene rings is 1. The molecular formula is C17H15N5O4S. The molecule has 3 aromatic rings. The first-order valence-corrected chi connectivity index (χ1v) is 8.71. The highest BCUT2D eigenvalue weighted by molar-refractivity contribution is 7.12. The van der Waals surface area contributed by atoms with Gasteiger partial charge in [0.05, 0.1) is 26.8 Å². The number of hydrazone groups is 1. The Morgan fingerprint density at radius 3 is 2.59 bits per heavy atom. The Kier molecular flexibility index (Phi) is 4.99. The number of carbonyl (C=O) groups is 1. The van der Waals surface area contributed by atoms with E-state index in [0.717, 1.165) is 0 Å². The highest BCUT2D eigenvalue weighted by atomic mass is 32.1. The normalized spacial score (nSPS) is 11.4. The van der Waals surface area contributed by atoms with E-state index in [1.54, 1.807) is 31.4 Å². The molecule has 0 aliphatic rings. The van der Waals surface area contributed by atoms with Crippen LogP contribution in [0.5, 0.6) is 0 Å². The van der Waals surface area contributed by atoms with Crippen LogP contribution >= 0.6 is 11.3 Å². The summed E-state index contributed by atoms with van der Waals surface area (Å²) in [5.74, 6) is -0.353. The van der Waals surface area contributed by atoms with E-state index in [1.807, 2.05) is 0 Å². The minimum Gasteiger partial charge on any atom is -0.295 e. The van der Waals surface area contributed by atoms with E-state index >= 15 is 0 Å². The lowest BCUT2D eigenvalue weighted by Gasteiger charge is -2.01. The maximum Gasteiger partial charge on any atom is 0.281 e. The van der Waals surface area contributed by atoms with Gasteiger partial charge in [-0.25, -0.2) is 10.1 Å². The molecule has 10 heteroatoms. The van der Waals surface area contributed by atoms with Gasteiger partial charge in [0, 0.05) is 17.8 Å². The van der Waals surface area contributed by atoms with Gasteiger partial charge < -0.3 is 0 Å². The second kappa shape index (κ2) is 7.38. The van der Waals surface area contributed by atoms with Crippen LogP contribution < -0.4 is 11.0 Å². The molecule has 0 unspecified atom stereocenters. The number of hydrogen-bond acceptors (Lipinski definition) is 6. The van der Waals surface area contributed by atoms with Crippen LogP contribution in [0.3, 0.4) is 0 Å². The molecule has 27 heavy (non-hydrogen) atoms. The molecule has 2 aromatic heterocycles. The molecule has 2 N–H and O–H groups in total. The number of hydrogen-bond donors (Lipinski definition) is 2. The van der Waals surface area contributed by atoms with Crippen molar-refractivity contribution in [2.75, 3.05) is 0 Å². The molecule has 0 saturated carbocycles. The molecule has 2 heterocycles. The Bertz CT molecular complexity index is 1080. The van der Waals surface area contributed by atoms with Gasteiger partial charge >= 0.3 is 0 Å². The number of benzene rings is 1. The molecule has 0 aliphatic heterocycles. The summed E-state index contributed by atoms with van der Waals surface area (Å²) in [6.45, 7) is 3.32. The molecule has 0 fully saturated rings. The summed E-state index contributed by atoms with van der Waals surface area (Å²) in [4.78, 5) is 35.5. The van der Waals surface area contributed by atoms with Crippen LogP contribution in [0.25, 0.3) is 5.69 Å². The summed E-state index contributed by atoms with van der Waals surface area (Å²) in [6, 6.07) is 9.03. The lowest BCUT2D eigenvalue weighted by atomic mass is 10.2. The topological polar surface area (TPSA) is 122 Å². The second-order valence-electron chi connectivity index (χ2n) is 5.64. The summed E-state index contributed by atoms with van der Waals surface area (Å²) >= 11 is 1.29. The first-order chi connectivity index (χ1) is 12.9. The highest BCUT2D eigenvalue weighted by Crippen LogP contribution is 2.15. The third kappa shape index (κ3) is 3.70. The third-order valence-electron chi connectivity index (χ3n) is 3.82. The number of non-ortho nitro benzene ring substituents is 1. The Hall–Kier alpha value is -3.53. The van der Waals surface area contributed by atoms with Gasteiger partial charge in [-0.2, -0.15) is 5.10 Å². The van der Waals surface area contributed by atoms with Crippen LogP contribution in [0.2, 0.25) is 0 Å². The largest absolute Gasteiger partial charge is 0.295 e. The Morgan fingerprint density at radius 1 is 1.30 bits per heavy atom. The molecule has 0 spiro atoms. The average Bonchev–Trinajstić information content (AvgIpc) is 3.28. The summed E-state index contributed by atoms with van der Waals surface area (Å²) in [5, 5.41) is 19.5. The number of nitro groups is 1. The second-order valence-corrected chi connectivity index (χ2v) is 6.59. The van der Waals surface area contributed by atoms with Gasteiger partial charge in [0.2, 0.25) is 0 Å². The van der Waals surface area contributed by atoms with E-state index in [9.17, 15) is 19.7 Å². The predicted molar refractivity (Wildman–Crippen MR) is 102 cm³/mol. The zero-order valence-electron chi connectivity index (χ0n) is 14.4. The Balaban J connectivity index is 1.89. The van der Waals surface area contributed by atoms with Crippen LogP contribution in [-0.2, 0) is 0 Å². The SMILES string of the molecule is CC(=NNC(=O)c1cccs1)c1c(C)[nH]n(-c2ccc([N+](=O)[O-])cc2)c1=O. The van der Waals surface area contributed by atoms with Crippen molar-refractivity contribution < 1.29 is 9.72 Å². The molecule has 1 aromatic carbocycles. The first-order valence-electron chi connectivity index (χ1n) is 7.83. The van der Waals surface area contributed by atoms with Crippen molar-refractivity contribution in [1.29, 1.82) is 0 Å². The number of rotatable bonds is 5. The van der Waals surface area contributed by atoms with Crippen molar-refractivity contribution in [2.24, 2.45) is 5.10 Å². The number of H-pyrrole nitrogens is 1. The summed E-state index contributed by atoms with van der Waals surface area (Å²) < 4.78 is 1.27. The van der Waals surface area contributed by atoms with Crippen LogP contribution in [0.15, 0.2) is 51.7 Å². The quantitative estimate of drug-likeness (QED) is 0.398. The molecule has 0 radical (unpaired) electrons. The number of aromatic nitrogens is 2. The van der Waals surface area contributed by atoms with Gasteiger partial charge in [-0.15, -0.1) is 11.3 Å². The molecule has 0 atom stereocenters. The van der Waals surface area contributed by atoms with Crippen molar-refractivity contribution >= 4 is 28.6 Å². The summed E-state index contributed by atoms with van der Waals surface area (Å²) in [7, 11) is 0. The van der Waals surface area contributed by atoms with E-state index in [1.165, 1.54) is 40.3 Å². The number of nitrogens with one attached hydrogen (secondary N) is 2. The van der Waals surface area contributed by atoms with Crippen molar-refractivity contribution in [2.45, 2.75) is 13.8 Å². The first kappa shape index (κ1) is 18.3. The van der Waals surface area contributed by atoms with E-state index in [4.69, 9.17) is 0 Å². The van der Waals surface area contributed by atoms with Crippen LogP contribution in [0.4, 0.5) is 5.69 Å². The number of aryl methyl sites for hydroxylation is 1. The van der Waals surface area contributed by atoms with Gasteiger partial charge in [-0.3, -0.25) is 24.8 Å². The van der Waals surface area contributed by atoms with Gasteiger partial charge in [0.15, 0.2) is 0 Å². The van der Waals surface area contributed by atoms with Crippen LogP contribution in [0.1, 0.15) is 27.9 Å². The molecule has 0 aliphatic carbocycles. The molecule has 1 amide bonds. The van der Waals surface area contributed by atoms with Crippen LogP contribution in [0, 0.1) is 17.0 Å². The number of nitrogens with zero attached hydrogens (tertiary/aromatic N) is 3. The van der Waals surface area contributed by atoms with Crippen LogP contribution in [-0.4, -0.2) is 26.3 Å². The molecule has 3 rings (SSSR count). The van der Waals surface area contributed by atoms with Gasteiger partial charge in [-0.1, -0.05) is 6.07 Å². The third-order valence-corrected chi connectivity index (χ3v) is 4.69. The maximum absolute atomic E-state index is 12.7. The zero-order valence-corrected chi connectivity index (χ0v) is 15.2. The lowest BCUT2D eigenvalue weighted by molar-refractivity contribution is -0.384. The Morgan fingerprint density at radius 2 is 2.00 bits per heavy atom. The predicted octanol–water partition coefficient (Wildman–Crippen LogP) is 2.60. The fourth-order valence-electron chi connectivity index (χ4n) is 2.53. The average molecular weight is 385 g/mol. The smallest absolute Gasteiger partial charge is 0.281 e. The lowest BCUT2D eigenvalue weighted by Crippen LogP contribution is -2.23. The minimum absolute atomic E-state index is 0.0654. The highest BCUT2D eigenvalue weighted by Gasteiger charge is 2.16. The zero-order chi connectivity index (χ0) is 19.6. The fraction of sp³-hybridized carbons (Fsp3) is 0.118. The monoisotopic (exact) mass is 385 g/mol. The van der Waals surface area contributed by atoms with Crippen molar-refractivity contribution in [1.82, 2.24) is 15.2 Å². The van der Waals surface area contributed by atoms with Crippen molar-refractivity contribution in [3.05, 3.63) is 78.4 Å². The number of aromatic amines is 1. The molecule has 9 nitrogen and oxygen atoms in total. The molecule has 0 saturated heterocycles. The standard InChI is InChI=1S/C17H15N5O4S/c1-10(18-19-16(23)14-4-3-9-27-14)15-11(2)20-21(17(15)24)12-5-7-13(8-6-12)22(25)26/h3-9,20H,1-2H3,(H,19,23). The van der Waals surface area contributed by atoms with E-state index in [-0.39, 0.29) is 17.2 Å². The van der Waals surface area contributed by atoms with Gasteiger partial charge in [0.25, 0.3) is 17.2 Å². The molecule has 0 bridgehead atoms. The summed E-state index contributed by atoms with van der Waals surface area (Å²) in [5.41, 5.74) is 3.68. The number of amides is 1. The minimum atomic E-state index is -0.509. The molecular weight excluding hydrogens is 370 g/mol. The number of carbonyl (C=O) groups excluding carboxylic acids is 1. The van der Waals surface area contributed by atoms with Crippen molar-refractivity contribution in [3.8, 4) is 5.69 Å². The van der Waals surface area contributed by atoms with Gasteiger partial charge in [-0.05, 0) is 37.4 Å². The van der Waals surface area contributed by atoms with Gasteiger partial charge in [0.1, 0.15) is 0 Å². The Labute approximate surface area is 157 Å². The molecule has 138 valence electrons. The number of nitro benzene ring substituents is 1. The van der Waals surface area contributed by atoms with E-state index in [0.29, 0.717) is 27.5 Å². The maximum atomic E-state index is 12.7.